The molecule has 14 heteroatoms. The highest BCUT2D eigenvalue weighted by molar-refractivity contribution is 7.90. The fourth-order valence-electron chi connectivity index (χ4n) is 4.22. The van der Waals surface area contributed by atoms with E-state index < -0.39 is 15.9 Å². The molecular formula is C29H27ClFN5O5S2. The Kier molecular flexibility index (Phi) is 9.62. The zero-order chi connectivity index (χ0) is 30.4. The van der Waals surface area contributed by atoms with Gasteiger partial charge in [0.05, 0.1) is 31.9 Å². The lowest BCUT2D eigenvalue weighted by atomic mass is 10.2. The van der Waals surface area contributed by atoms with Gasteiger partial charge in [-0.2, -0.15) is 0 Å². The van der Waals surface area contributed by atoms with Gasteiger partial charge in [0.2, 0.25) is 0 Å². The predicted octanol–water partition coefficient (Wildman–Crippen LogP) is 4.66. The first-order valence-electron chi connectivity index (χ1n) is 13.2. The number of carbonyl (C=O) groups is 1. The number of nitrogens with one attached hydrogen (secondary N) is 3. The molecule has 2 aromatic heterocycles. The molecule has 0 radical (unpaired) electrons. The maximum Gasteiger partial charge on any atom is 0.407 e. The van der Waals surface area contributed by atoms with E-state index in [1.54, 1.807) is 24.3 Å². The highest BCUT2D eigenvalue weighted by Crippen LogP contribution is 2.33. The van der Waals surface area contributed by atoms with Crippen LogP contribution in [0.2, 0.25) is 5.02 Å². The number of hydrogen-bond acceptors (Lipinski definition) is 10. The lowest BCUT2D eigenvalue weighted by Crippen LogP contribution is -2.33. The summed E-state index contributed by atoms with van der Waals surface area (Å²) in [6, 6.07) is 13.2. The second-order valence-electron chi connectivity index (χ2n) is 9.79. The molecule has 2 atom stereocenters. The summed E-state index contributed by atoms with van der Waals surface area (Å²) in [6.07, 6.45) is 2.06. The lowest BCUT2D eigenvalue weighted by molar-refractivity contribution is 0.107. The van der Waals surface area contributed by atoms with E-state index in [4.69, 9.17) is 21.1 Å². The largest absolute Gasteiger partial charge is 0.487 e. The molecule has 3 N–H and O–H groups in total. The number of anilines is 2. The number of carbonyl (C=O) groups excluding carboxylic acids is 1. The number of amides is 1. The molecule has 4 aromatic rings. The molecule has 0 spiro atoms. The van der Waals surface area contributed by atoms with Crippen LogP contribution in [0.4, 0.5) is 20.7 Å². The number of ether oxygens (including phenoxy) is 2. The Hall–Kier alpha value is -3.96. The number of thiophene rings is 1. The molecule has 43 heavy (non-hydrogen) atoms. The van der Waals surface area contributed by atoms with Gasteiger partial charge in [0.1, 0.15) is 40.4 Å². The van der Waals surface area contributed by atoms with E-state index >= 15 is 0 Å². The molecule has 1 saturated heterocycles. The van der Waals surface area contributed by atoms with Crippen LogP contribution in [-0.4, -0.2) is 61.7 Å². The minimum Gasteiger partial charge on any atom is -0.487 e. The second-order valence-corrected chi connectivity index (χ2v) is 13.5. The van der Waals surface area contributed by atoms with Crippen LogP contribution in [0.3, 0.4) is 0 Å². The molecule has 0 saturated carbocycles. The standard InChI is InChI=1S/C29H27ClFN5O5S2/c1-43(38,39)10-9-32-29(37)41-22-12-20(33-15-22)5-7-23-14-25-27(42-23)28(35-17-34-25)36-21-6-8-26(24(30)13-21)40-16-18-3-2-4-19(31)11-18/h2-4,6,8,11,13-14,17,20,22,33H,9-10,12,15-16H2,1H3,(H,32,37)(H,34,35,36)/t20-,22-/m1/s1. The summed E-state index contributed by atoms with van der Waals surface area (Å²) in [4.78, 5) is 21.5. The van der Waals surface area contributed by atoms with Gasteiger partial charge in [-0.1, -0.05) is 35.6 Å². The molecule has 1 aliphatic rings. The van der Waals surface area contributed by atoms with E-state index in [-0.39, 0.29) is 36.9 Å². The molecular weight excluding hydrogens is 617 g/mol. The molecule has 224 valence electrons. The van der Waals surface area contributed by atoms with Gasteiger partial charge >= 0.3 is 6.09 Å². The quantitative estimate of drug-likeness (QED) is 0.223. The molecule has 0 aliphatic carbocycles. The van der Waals surface area contributed by atoms with Crippen LogP contribution in [0, 0.1) is 17.7 Å². The fraction of sp³-hybridized carbons (Fsp3) is 0.276. The van der Waals surface area contributed by atoms with Gasteiger partial charge < -0.3 is 20.1 Å². The molecule has 10 nitrogen and oxygen atoms in total. The average molecular weight is 644 g/mol. The molecule has 3 heterocycles. The third kappa shape index (κ3) is 8.77. The molecule has 2 aromatic carbocycles. The number of sulfone groups is 1. The van der Waals surface area contributed by atoms with Gasteiger partial charge in [-0.25, -0.2) is 27.6 Å². The van der Waals surface area contributed by atoms with Crippen LogP contribution in [0.1, 0.15) is 16.9 Å². The third-order valence-corrected chi connectivity index (χ3v) is 8.55. The molecule has 0 bridgehead atoms. The Morgan fingerprint density at radius 3 is 2.88 bits per heavy atom. The van der Waals surface area contributed by atoms with Crippen LogP contribution in [0.5, 0.6) is 5.75 Å². The molecule has 5 rings (SSSR count). The van der Waals surface area contributed by atoms with Crippen molar-refractivity contribution >= 4 is 60.6 Å². The zero-order valence-electron chi connectivity index (χ0n) is 22.9. The van der Waals surface area contributed by atoms with Gasteiger partial charge in [0, 0.05) is 31.5 Å². The van der Waals surface area contributed by atoms with Gasteiger partial charge in [-0.05, 0) is 42.0 Å². The maximum absolute atomic E-state index is 13.4. The predicted molar refractivity (Wildman–Crippen MR) is 164 cm³/mol. The Labute approximate surface area is 256 Å². The second kappa shape index (κ2) is 13.6. The van der Waals surface area contributed by atoms with Crippen molar-refractivity contribution in [1.29, 1.82) is 0 Å². The molecule has 1 aliphatic heterocycles. The number of benzene rings is 2. The number of hydrogen-bond donors (Lipinski definition) is 3. The van der Waals surface area contributed by atoms with E-state index in [1.807, 2.05) is 12.1 Å². The van der Waals surface area contributed by atoms with E-state index in [0.29, 0.717) is 40.8 Å². The first kappa shape index (κ1) is 30.5. The SMILES string of the molecule is CS(=O)(=O)CCNC(=O)O[C@H]1CN[C@H](C#Cc2cc3ncnc(Nc4ccc(OCc5cccc(F)c5)c(Cl)c4)c3s2)C1. The first-order chi connectivity index (χ1) is 20.6. The molecule has 0 unspecified atom stereocenters. The Morgan fingerprint density at radius 1 is 1.23 bits per heavy atom. The Balaban J connectivity index is 1.18. The summed E-state index contributed by atoms with van der Waals surface area (Å²) in [5.41, 5.74) is 2.13. The average Bonchev–Trinajstić information content (AvgIpc) is 3.58. The molecule has 1 amide bonds. The monoisotopic (exact) mass is 643 g/mol. The number of rotatable bonds is 9. The van der Waals surface area contributed by atoms with Gasteiger partial charge in [0.15, 0.2) is 5.82 Å². The number of nitrogens with zero attached hydrogens (tertiary/aromatic N) is 2. The van der Waals surface area contributed by atoms with Crippen LogP contribution in [0.15, 0.2) is 54.9 Å². The summed E-state index contributed by atoms with van der Waals surface area (Å²) in [5.74, 6) is 6.93. The van der Waals surface area contributed by atoms with Gasteiger partial charge in [-0.3, -0.25) is 5.32 Å². The maximum atomic E-state index is 13.4. The normalized spacial score (nSPS) is 16.3. The fourth-order valence-corrected chi connectivity index (χ4v) is 5.84. The number of alkyl carbamates (subject to hydrolysis) is 1. The highest BCUT2D eigenvalue weighted by Gasteiger charge is 2.26. The van der Waals surface area contributed by atoms with Crippen LogP contribution in [-0.2, 0) is 21.2 Å². The van der Waals surface area contributed by atoms with Crippen molar-refractivity contribution < 1.29 is 27.1 Å². The van der Waals surface area contributed by atoms with Crippen molar-refractivity contribution in [2.75, 3.05) is 30.4 Å². The zero-order valence-corrected chi connectivity index (χ0v) is 25.3. The van der Waals surface area contributed by atoms with E-state index in [1.165, 1.54) is 29.8 Å². The van der Waals surface area contributed by atoms with E-state index in [2.05, 4.69) is 37.8 Å². The van der Waals surface area contributed by atoms with Crippen molar-refractivity contribution in [2.24, 2.45) is 0 Å². The minimum absolute atomic E-state index is 0.00248. The van der Waals surface area contributed by atoms with Crippen molar-refractivity contribution in [3.8, 4) is 17.6 Å². The third-order valence-electron chi connectivity index (χ3n) is 6.27. The van der Waals surface area contributed by atoms with E-state index in [9.17, 15) is 17.6 Å². The van der Waals surface area contributed by atoms with Crippen molar-refractivity contribution in [2.45, 2.75) is 25.2 Å². The van der Waals surface area contributed by atoms with Crippen LogP contribution in [0.25, 0.3) is 10.2 Å². The minimum atomic E-state index is -3.16. The summed E-state index contributed by atoms with van der Waals surface area (Å²) in [5, 5.41) is 9.34. The smallest absolute Gasteiger partial charge is 0.407 e. The number of fused-ring (bicyclic) bond motifs is 1. The first-order valence-corrected chi connectivity index (χ1v) is 16.4. The van der Waals surface area contributed by atoms with Crippen molar-refractivity contribution in [3.05, 3.63) is 76.1 Å². The summed E-state index contributed by atoms with van der Waals surface area (Å²) in [7, 11) is -3.16. The highest BCUT2D eigenvalue weighted by atomic mass is 35.5. The topological polar surface area (TPSA) is 132 Å². The number of halogens is 2. The van der Waals surface area contributed by atoms with Crippen molar-refractivity contribution in [3.63, 3.8) is 0 Å². The Bertz CT molecular complexity index is 1810. The summed E-state index contributed by atoms with van der Waals surface area (Å²) >= 11 is 7.89. The lowest BCUT2D eigenvalue weighted by Gasteiger charge is -2.11. The van der Waals surface area contributed by atoms with E-state index in [0.717, 1.165) is 21.3 Å². The molecule has 1 fully saturated rings. The summed E-state index contributed by atoms with van der Waals surface area (Å²) in [6.45, 7) is 0.627. The van der Waals surface area contributed by atoms with Crippen LogP contribution >= 0.6 is 22.9 Å². The van der Waals surface area contributed by atoms with Gasteiger partial charge in [-0.15, -0.1) is 11.3 Å². The summed E-state index contributed by atoms with van der Waals surface area (Å²) < 4.78 is 47.7. The van der Waals surface area contributed by atoms with Crippen LogP contribution < -0.4 is 20.7 Å². The number of aromatic nitrogens is 2. The van der Waals surface area contributed by atoms with Gasteiger partial charge in [0.25, 0.3) is 0 Å². The van der Waals surface area contributed by atoms with Crippen molar-refractivity contribution in [1.82, 2.24) is 20.6 Å². The Morgan fingerprint density at radius 2 is 2.09 bits per heavy atom.